The van der Waals surface area contributed by atoms with E-state index in [4.69, 9.17) is 9.72 Å². The van der Waals surface area contributed by atoms with E-state index < -0.39 is 0 Å². The Morgan fingerprint density at radius 1 is 1.38 bits per heavy atom. The SMILES string of the molecule is COc1ccccc1N(C)c1nc(C)c(CNC2CC2)s1. The van der Waals surface area contributed by atoms with E-state index >= 15 is 0 Å². The molecule has 4 nitrogen and oxygen atoms in total. The third kappa shape index (κ3) is 3.19. The van der Waals surface area contributed by atoms with Gasteiger partial charge >= 0.3 is 0 Å². The van der Waals surface area contributed by atoms with Gasteiger partial charge in [0.25, 0.3) is 0 Å². The Kier molecular flexibility index (Phi) is 4.12. The van der Waals surface area contributed by atoms with E-state index in [0.29, 0.717) is 0 Å². The summed E-state index contributed by atoms with van der Waals surface area (Å²) in [6.45, 7) is 3.01. The average molecular weight is 303 g/mol. The third-order valence-corrected chi connectivity index (χ3v) is 4.98. The molecule has 1 fully saturated rings. The summed E-state index contributed by atoms with van der Waals surface area (Å²) in [7, 11) is 3.74. The summed E-state index contributed by atoms with van der Waals surface area (Å²) in [6, 6.07) is 8.75. The Hall–Kier alpha value is -1.59. The number of aromatic nitrogens is 1. The van der Waals surface area contributed by atoms with Crippen molar-refractivity contribution in [3.8, 4) is 5.75 Å². The molecule has 0 spiro atoms. The van der Waals surface area contributed by atoms with Gasteiger partial charge in [-0.25, -0.2) is 4.98 Å². The maximum Gasteiger partial charge on any atom is 0.190 e. The molecular weight excluding hydrogens is 282 g/mol. The highest BCUT2D eigenvalue weighted by molar-refractivity contribution is 7.15. The van der Waals surface area contributed by atoms with E-state index in [2.05, 4.69) is 23.2 Å². The lowest BCUT2D eigenvalue weighted by atomic mass is 10.3. The number of ether oxygens (including phenoxy) is 1. The molecule has 1 aliphatic rings. The number of anilines is 2. The van der Waals surface area contributed by atoms with Crippen molar-refractivity contribution in [2.75, 3.05) is 19.1 Å². The smallest absolute Gasteiger partial charge is 0.190 e. The maximum atomic E-state index is 5.44. The van der Waals surface area contributed by atoms with Crippen molar-refractivity contribution in [2.45, 2.75) is 32.4 Å². The van der Waals surface area contributed by atoms with Gasteiger partial charge in [-0.3, -0.25) is 0 Å². The summed E-state index contributed by atoms with van der Waals surface area (Å²) in [5, 5.41) is 4.56. The van der Waals surface area contributed by atoms with Crippen LogP contribution < -0.4 is 15.0 Å². The van der Waals surface area contributed by atoms with E-state index in [0.717, 1.165) is 34.8 Å². The van der Waals surface area contributed by atoms with Crippen molar-refractivity contribution < 1.29 is 4.74 Å². The average Bonchev–Trinajstić information content (AvgIpc) is 3.27. The molecule has 112 valence electrons. The van der Waals surface area contributed by atoms with Gasteiger partial charge in [-0.1, -0.05) is 23.5 Å². The summed E-state index contributed by atoms with van der Waals surface area (Å²) in [5.41, 5.74) is 2.15. The van der Waals surface area contributed by atoms with E-state index in [9.17, 15) is 0 Å². The van der Waals surface area contributed by atoms with Crippen LogP contribution in [-0.4, -0.2) is 25.2 Å². The van der Waals surface area contributed by atoms with Crippen molar-refractivity contribution >= 4 is 22.2 Å². The quantitative estimate of drug-likeness (QED) is 0.886. The molecule has 0 amide bonds. The van der Waals surface area contributed by atoms with Crippen molar-refractivity contribution in [1.82, 2.24) is 10.3 Å². The highest BCUT2D eigenvalue weighted by Crippen LogP contribution is 2.35. The normalized spacial score (nSPS) is 14.2. The van der Waals surface area contributed by atoms with Crippen molar-refractivity contribution in [3.05, 3.63) is 34.8 Å². The summed E-state index contributed by atoms with van der Waals surface area (Å²) in [4.78, 5) is 8.12. The number of para-hydroxylation sites is 2. The molecule has 1 aliphatic carbocycles. The minimum Gasteiger partial charge on any atom is -0.495 e. The second-order valence-electron chi connectivity index (χ2n) is 5.39. The summed E-state index contributed by atoms with van der Waals surface area (Å²) in [6.07, 6.45) is 2.62. The first kappa shape index (κ1) is 14.4. The number of nitrogens with zero attached hydrogens (tertiary/aromatic N) is 2. The summed E-state index contributed by atoms with van der Waals surface area (Å²) >= 11 is 1.75. The fourth-order valence-electron chi connectivity index (χ4n) is 2.25. The number of methoxy groups -OCH3 is 1. The van der Waals surface area contributed by atoms with Gasteiger partial charge in [0.05, 0.1) is 18.5 Å². The van der Waals surface area contributed by atoms with Gasteiger partial charge < -0.3 is 15.0 Å². The van der Waals surface area contributed by atoms with Crippen LogP contribution in [0.5, 0.6) is 5.75 Å². The Morgan fingerprint density at radius 2 is 2.14 bits per heavy atom. The standard InChI is InChI=1S/C16H21N3OS/c1-11-15(10-17-12-8-9-12)21-16(18-11)19(2)13-6-4-5-7-14(13)20-3/h4-7,12,17H,8-10H2,1-3H3. The first-order chi connectivity index (χ1) is 10.2. The molecule has 1 N–H and O–H groups in total. The highest BCUT2D eigenvalue weighted by Gasteiger charge is 2.21. The molecule has 0 aliphatic heterocycles. The zero-order valence-electron chi connectivity index (χ0n) is 12.7. The minimum atomic E-state index is 0.724. The Morgan fingerprint density at radius 3 is 2.86 bits per heavy atom. The molecule has 21 heavy (non-hydrogen) atoms. The number of hydrogen-bond donors (Lipinski definition) is 1. The van der Waals surface area contributed by atoms with E-state index in [1.54, 1.807) is 18.4 Å². The largest absolute Gasteiger partial charge is 0.495 e. The van der Waals surface area contributed by atoms with Crippen molar-refractivity contribution in [1.29, 1.82) is 0 Å². The van der Waals surface area contributed by atoms with Crippen LogP contribution in [0.2, 0.25) is 0 Å². The minimum absolute atomic E-state index is 0.724. The van der Waals surface area contributed by atoms with E-state index in [1.807, 2.05) is 25.2 Å². The number of benzene rings is 1. The number of thiazole rings is 1. The van der Waals surface area contributed by atoms with Crippen LogP contribution in [0.15, 0.2) is 24.3 Å². The van der Waals surface area contributed by atoms with Crippen LogP contribution in [0.4, 0.5) is 10.8 Å². The van der Waals surface area contributed by atoms with Gasteiger partial charge in [0, 0.05) is 24.5 Å². The molecule has 0 atom stereocenters. The molecule has 0 unspecified atom stereocenters. The Labute approximate surface area is 129 Å². The Bertz CT molecular complexity index is 622. The molecule has 1 saturated carbocycles. The molecule has 2 aromatic rings. The van der Waals surface area contributed by atoms with Crippen LogP contribution in [-0.2, 0) is 6.54 Å². The zero-order chi connectivity index (χ0) is 14.8. The van der Waals surface area contributed by atoms with E-state index in [1.165, 1.54) is 17.7 Å². The number of aryl methyl sites for hydroxylation is 1. The molecule has 5 heteroatoms. The van der Waals surface area contributed by atoms with Crippen LogP contribution in [0.25, 0.3) is 0 Å². The molecule has 0 radical (unpaired) electrons. The number of nitrogens with one attached hydrogen (secondary N) is 1. The summed E-state index contributed by atoms with van der Waals surface area (Å²) < 4.78 is 5.44. The zero-order valence-corrected chi connectivity index (χ0v) is 13.5. The predicted molar refractivity (Wildman–Crippen MR) is 87.8 cm³/mol. The van der Waals surface area contributed by atoms with Gasteiger partial charge in [0.15, 0.2) is 5.13 Å². The van der Waals surface area contributed by atoms with Gasteiger partial charge in [0.2, 0.25) is 0 Å². The van der Waals surface area contributed by atoms with Crippen LogP contribution in [0.3, 0.4) is 0 Å². The maximum absolute atomic E-state index is 5.44. The van der Waals surface area contributed by atoms with Gasteiger partial charge in [0.1, 0.15) is 5.75 Å². The molecule has 0 bridgehead atoms. The van der Waals surface area contributed by atoms with Crippen molar-refractivity contribution in [2.24, 2.45) is 0 Å². The highest BCUT2D eigenvalue weighted by atomic mass is 32.1. The lowest BCUT2D eigenvalue weighted by Crippen LogP contribution is -2.14. The first-order valence-electron chi connectivity index (χ1n) is 7.25. The second kappa shape index (κ2) is 6.03. The predicted octanol–water partition coefficient (Wildman–Crippen LogP) is 3.48. The Balaban J connectivity index is 1.80. The lowest BCUT2D eigenvalue weighted by Gasteiger charge is -2.18. The van der Waals surface area contributed by atoms with Crippen LogP contribution >= 0.6 is 11.3 Å². The van der Waals surface area contributed by atoms with Gasteiger partial charge in [-0.05, 0) is 31.9 Å². The molecule has 3 rings (SSSR count). The van der Waals surface area contributed by atoms with E-state index in [-0.39, 0.29) is 0 Å². The first-order valence-corrected chi connectivity index (χ1v) is 8.07. The van der Waals surface area contributed by atoms with Crippen molar-refractivity contribution in [3.63, 3.8) is 0 Å². The molecule has 1 aromatic heterocycles. The monoisotopic (exact) mass is 303 g/mol. The second-order valence-corrected chi connectivity index (χ2v) is 6.45. The molecule has 0 saturated heterocycles. The lowest BCUT2D eigenvalue weighted by molar-refractivity contribution is 0.415. The summed E-state index contributed by atoms with van der Waals surface area (Å²) in [5.74, 6) is 0.866. The van der Waals surface area contributed by atoms with Crippen LogP contribution in [0.1, 0.15) is 23.4 Å². The van der Waals surface area contributed by atoms with Gasteiger partial charge in [-0.15, -0.1) is 0 Å². The third-order valence-electron chi connectivity index (χ3n) is 3.74. The van der Waals surface area contributed by atoms with Gasteiger partial charge in [-0.2, -0.15) is 0 Å². The molecule has 1 heterocycles. The number of rotatable bonds is 6. The number of hydrogen-bond acceptors (Lipinski definition) is 5. The topological polar surface area (TPSA) is 37.4 Å². The molecular formula is C16H21N3OS. The fourth-order valence-corrected chi connectivity index (χ4v) is 3.24. The van der Waals surface area contributed by atoms with Crippen LogP contribution in [0, 0.1) is 6.92 Å². The fraction of sp³-hybridized carbons (Fsp3) is 0.438. The molecule has 1 aromatic carbocycles.